The first-order valence-electron chi connectivity index (χ1n) is 3.88. The van der Waals surface area contributed by atoms with Gasteiger partial charge in [0.15, 0.2) is 0 Å². The third-order valence-electron chi connectivity index (χ3n) is 1.50. The van der Waals surface area contributed by atoms with Gasteiger partial charge in [-0.15, -0.1) is 0 Å². The second-order valence-corrected chi connectivity index (χ2v) is 2.40. The predicted molar refractivity (Wildman–Crippen MR) is 42.5 cm³/mol. The molecule has 11 heavy (non-hydrogen) atoms. The van der Waals surface area contributed by atoms with E-state index in [1.54, 1.807) is 12.1 Å². The third-order valence-corrected chi connectivity index (χ3v) is 1.50. The molecule has 0 saturated carbocycles. The van der Waals surface area contributed by atoms with Gasteiger partial charge in [-0.25, -0.2) is 0 Å². The van der Waals surface area contributed by atoms with Crippen molar-refractivity contribution in [1.82, 2.24) is 0 Å². The lowest BCUT2D eigenvalue weighted by atomic mass is 10.1. The average Bonchev–Trinajstić information content (AvgIpc) is 1.97. The Labute approximate surface area is 66.9 Å². The zero-order chi connectivity index (χ0) is 9.14. The molecule has 0 aromatic heterocycles. The van der Waals surface area contributed by atoms with Crippen LogP contribution in [0.2, 0.25) is 0 Å². The Kier molecular flexibility index (Phi) is 1.86. The number of hydrogen-bond donors (Lipinski definition) is 1. The summed E-state index contributed by atoms with van der Waals surface area (Å²) in [6.45, 7) is 1.82. The molecule has 0 saturated heterocycles. The molecule has 0 aliphatic rings. The molecular formula is C9H10O2. The van der Waals surface area contributed by atoms with Crippen molar-refractivity contribution in [1.29, 1.82) is 0 Å². The zero-order valence-electron chi connectivity index (χ0n) is 7.29. The van der Waals surface area contributed by atoms with Crippen molar-refractivity contribution < 1.29 is 11.3 Å². The first-order chi connectivity index (χ1) is 5.61. The van der Waals surface area contributed by atoms with Crippen molar-refractivity contribution in [2.45, 2.75) is 13.3 Å². The predicted octanol–water partition coefficient (Wildman–Crippen LogP) is 1.62. The summed E-state index contributed by atoms with van der Waals surface area (Å²) >= 11 is 0. The minimum absolute atomic E-state index is 0.0640. The topological polar surface area (TPSA) is 37.3 Å². The smallest absolute Gasteiger partial charge is 0.307 e. The summed E-state index contributed by atoms with van der Waals surface area (Å²) in [5, 5.41) is 8.53. The highest BCUT2D eigenvalue weighted by atomic mass is 16.4. The summed E-state index contributed by atoms with van der Waals surface area (Å²) in [6.07, 6.45) is -0.0640. The van der Waals surface area contributed by atoms with Crippen molar-refractivity contribution in [2.75, 3.05) is 0 Å². The molecule has 0 spiro atoms. The molecule has 0 radical (unpaired) electrons. The van der Waals surface area contributed by atoms with Gasteiger partial charge in [0.1, 0.15) is 0 Å². The molecule has 1 aromatic rings. The number of hydrogen-bond acceptors (Lipinski definition) is 1. The van der Waals surface area contributed by atoms with Crippen LogP contribution in [0.15, 0.2) is 24.2 Å². The monoisotopic (exact) mass is 151 g/mol. The first kappa shape index (κ1) is 6.40. The summed E-state index contributed by atoms with van der Waals surface area (Å²) in [5.74, 6) is -0.891. The quantitative estimate of drug-likeness (QED) is 0.697. The molecule has 0 heterocycles. The lowest BCUT2D eigenvalue weighted by Gasteiger charge is -1.99. The molecule has 0 unspecified atom stereocenters. The molecule has 2 nitrogen and oxygen atoms in total. The second-order valence-electron chi connectivity index (χ2n) is 2.40. The van der Waals surface area contributed by atoms with Gasteiger partial charge >= 0.3 is 5.97 Å². The van der Waals surface area contributed by atoms with Crippen LogP contribution < -0.4 is 0 Å². The molecule has 0 fully saturated rings. The number of aryl methyl sites for hydroxylation is 1. The number of benzene rings is 1. The summed E-state index contributed by atoms with van der Waals surface area (Å²) in [6, 6.07) is 5.47. The lowest BCUT2D eigenvalue weighted by Crippen LogP contribution is -2.01. The van der Waals surface area contributed by atoms with E-state index in [9.17, 15) is 4.79 Å². The number of carboxylic acids is 1. The number of aliphatic carboxylic acids is 1. The fourth-order valence-corrected chi connectivity index (χ4v) is 0.897. The van der Waals surface area contributed by atoms with Gasteiger partial charge in [-0.1, -0.05) is 24.2 Å². The second kappa shape index (κ2) is 3.19. The Bertz CT molecular complexity index is 287. The molecule has 2 heteroatoms. The summed E-state index contributed by atoms with van der Waals surface area (Å²) < 4.78 is 7.44. The summed E-state index contributed by atoms with van der Waals surface area (Å²) in [4.78, 5) is 10.4. The van der Waals surface area contributed by atoms with Crippen LogP contribution in [0.4, 0.5) is 0 Å². The van der Waals surface area contributed by atoms with Crippen LogP contribution in [0.3, 0.4) is 0 Å². The molecule has 0 atom stereocenters. The summed E-state index contributed by atoms with van der Waals surface area (Å²) in [5.41, 5.74) is 1.47. The molecule has 0 amide bonds. The fraction of sp³-hybridized carbons (Fsp3) is 0.222. The normalized spacial score (nSPS) is 10.8. The highest BCUT2D eigenvalue weighted by molar-refractivity contribution is 5.70. The average molecular weight is 151 g/mol. The van der Waals surface area contributed by atoms with E-state index >= 15 is 0 Å². The van der Waals surface area contributed by atoms with Gasteiger partial charge in [-0.05, 0) is 18.1 Å². The van der Waals surface area contributed by atoms with E-state index in [0.29, 0.717) is 11.6 Å². The van der Waals surface area contributed by atoms with Crippen molar-refractivity contribution in [3.8, 4) is 0 Å². The van der Waals surface area contributed by atoms with Gasteiger partial charge in [0.2, 0.25) is 0 Å². The van der Waals surface area contributed by atoms with Crippen LogP contribution in [0.25, 0.3) is 0 Å². The Morgan fingerprint density at radius 3 is 3.00 bits per heavy atom. The Morgan fingerprint density at radius 2 is 2.45 bits per heavy atom. The van der Waals surface area contributed by atoms with Gasteiger partial charge in [0.05, 0.1) is 7.79 Å². The van der Waals surface area contributed by atoms with Crippen LogP contribution in [-0.4, -0.2) is 11.1 Å². The van der Waals surface area contributed by atoms with E-state index in [2.05, 4.69) is 0 Å². The maximum Gasteiger partial charge on any atom is 0.307 e. The third kappa shape index (κ3) is 2.08. The van der Waals surface area contributed by atoms with Crippen molar-refractivity contribution in [3.63, 3.8) is 0 Å². The molecule has 0 bridgehead atoms. The highest BCUT2D eigenvalue weighted by Gasteiger charge is 2.01. The van der Waals surface area contributed by atoms with Crippen LogP contribution in [0, 0.1) is 6.92 Å². The van der Waals surface area contributed by atoms with Crippen LogP contribution in [0.1, 0.15) is 12.5 Å². The van der Waals surface area contributed by atoms with E-state index in [4.69, 9.17) is 6.48 Å². The van der Waals surface area contributed by atoms with E-state index in [1.165, 1.54) is 0 Å². The number of carbonyl (C=O) groups is 1. The minimum atomic E-state index is -0.891. The first-order valence-corrected chi connectivity index (χ1v) is 3.38. The number of carboxylic acid groups (broad SMARTS) is 1. The van der Waals surface area contributed by atoms with Crippen LogP contribution in [0.5, 0.6) is 0 Å². The minimum Gasteiger partial charge on any atom is -0.481 e. The molecule has 1 rings (SSSR count). The lowest BCUT2D eigenvalue weighted by molar-refractivity contribution is -0.136. The largest absolute Gasteiger partial charge is 0.481 e. The molecule has 0 aliphatic carbocycles. The Hall–Kier alpha value is -1.31. The molecule has 1 N–H and O–H groups in total. The SMILES string of the molecule is [2H]c1cccc(C)c1CC(=O)O. The van der Waals surface area contributed by atoms with Gasteiger partial charge in [0, 0.05) is 0 Å². The highest BCUT2D eigenvalue weighted by Crippen LogP contribution is 2.06. The summed E-state index contributed by atoms with van der Waals surface area (Å²) in [7, 11) is 0. The van der Waals surface area contributed by atoms with Gasteiger partial charge in [-0.2, -0.15) is 0 Å². The molecular weight excluding hydrogens is 140 g/mol. The van der Waals surface area contributed by atoms with Gasteiger partial charge in [-0.3, -0.25) is 4.79 Å². The maximum absolute atomic E-state index is 10.4. The zero-order valence-corrected chi connectivity index (χ0v) is 6.29. The van der Waals surface area contributed by atoms with Gasteiger partial charge in [0.25, 0.3) is 0 Å². The Balaban J connectivity index is 3.04. The van der Waals surface area contributed by atoms with Crippen LogP contribution in [-0.2, 0) is 11.2 Å². The fourth-order valence-electron chi connectivity index (χ4n) is 0.897. The molecule has 0 aliphatic heterocycles. The molecule has 1 aromatic carbocycles. The van der Waals surface area contributed by atoms with Crippen molar-refractivity contribution in [2.24, 2.45) is 0 Å². The standard InChI is InChI=1S/C9H10O2/c1-7-4-2-3-5-8(7)6-9(10)11/h2-5H,6H2,1H3,(H,10,11)/i5D. The Morgan fingerprint density at radius 1 is 1.73 bits per heavy atom. The van der Waals surface area contributed by atoms with Gasteiger partial charge < -0.3 is 5.11 Å². The van der Waals surface area contributed by atoms with E-state index in [-0.39, 0.29) is 6.42 Å². The molecule has 58 valence electrons. The van der Waals surface area contributed by atoms with Crippen molar-refractivity contribution in [3.05, 3.63) is 35.4 Å². The van der Waals surface area contributed by atoms with E-state index in [1.807, 2.05) is 13.0 Å². The van der Waals surface area contributed by atoms with Crippen molar-refractivity contribution >= 4 is 5.97 Å². The number of rotatable bonds is 2. The van der Waals surface area contributed by atoms with E-state index in [0.717, 1.165) is 5.56 Å². The van der Waals surface area contributed by atoms with Crippen LogP contribution >= 0.6 is 0 Å². The maximum atomic E-state index is 10.4. The van der Waals surface area contributed by atoms with E-state index < -0.39 is 5.97 Å².